The molecular formula is C24H25FIrNO3-. The van der Waals surface area contributed by atoms with Crippen LogP contribution in [0.1, 0.15) is 30.5 Å². The Hall–Kier alpha value is -2.56. The number of pyridine rings is 1. The molecule has 0 aliphatic rings. The zero-order valence-corrected chi connectivity index (χ0v) is 20.3. The summed E-state index contributed by atoms with van der Waals surface area (Å²) in [4.78, 5) is 14.6. The summed E-state index contributed by atoms with van der Waals surface area (Å²) in [5.41, 5.74) is 4.93. The van der Waals surface area contributed by atoms with Crippen LogP contribution in [0.25, 0.3) is 22.2 Å². The number of aromatic nitrogens is 1. The predicted octanol–water partition coefficient (Wildman–Crippen LogP) is 5.81. The van der Waals surface area contributed by atoms with Crippen molar-refractivity contribution < 1.29 is 39.1 Å². The van der Waals surface area contributed by atoms with Gasteiger partial charge in [-0.3, -0.25) is 9.78 Å². The molecule has 161 valence electrons. The Morgan fingerprint density at radius 1 is 1.13 bits per heavy atom. The molecule has 3 aromatic rings. The fourth-order valence-electron chi connectivity index (χ4n) is 2.96. The second kappa shape index (κ2) is 11.0. The van der Waals surface area contributed by atoms with Crippen LogP contribution in [0.4, 0.5) is 4.39 Å². The number of aliphatic hydroxyl groups is 1. The third-order valence-electron chi connectivity index (χ3n) is 4.10. The molecule has 30 heavy (non-hydrogen) atoms. The molecule has 0 unspecified atom stereocenters. The van der Waals surface area contributed by atoms with E-state index in [-0.39, 0.29) is 37.5 Å². The van der Waals surface area contributed by atoms with Crippen molar-refractivity contribution >= 4 is 16.7 Å². The second-order valence-corrected chi connectivity index (χ2v) is 6.98. The Balaban J connectivity index is 0.000000489. The molecule has 2 aromatic carbocycles. The van der Waals surface area contributed by atoms with Crippen molar-refractivity contribution in [1.82, 2.24) is 4.98 Å². The van der Waals surface area contributed by atoms with Crippen molar-refractivity contribution in [1.29, 1.82) is 0 Å². The van der Waals surface area contributed by atoms with Crippen LogP contribution in [0.3, 0.4) is 0 Å². The maximum Gasteiger partial charge on any atom is 0.155 e. The van der Waals surface area contributed by atoms with Gasteiger partial charge >= 0.3 is 0 Å². The number of aryl methyl sites for hydroxylation is 3. The summed E-state index contributed by atoms with van der Waals surface area (Å²) in [6.45, 7) is 8.61. The Bertz CT molecular complexity index is 1070. The SMILES string of the molecule is CC(=O)/C=C(/C)O.COc1cc2cc(C)c(F)cc2nc1-c1[c-]c(C)cc(C)c1.[Ir]. The number of hydrogen-bond donors (Lipinski definition) is 1. The molecule has 6 heteroatoms. The van der Waals surface area contributed by atoms with Crippen molar-refractivity contribution in [3.8, 4) is 17.0 Å². The summed E-state index contributed by atoms with van der Waals surface area (Å²) in [6, 6.07) is 12.5. The number of hydrogen-bond acceptors (Lipinski definition) is 4. The molecule has 0 fully saturated rings. The molecule has 1 aromatic heterocycles. The largest absolute Gasteiger partial charge is 0.512 e. The number of methoxy groups -OCH3 is 1. The number of rotatable bonds is 3. The number of carbonyl (C=O) groups excluding carboxylic acids is 1. The number of fused-ring (bicyclic) bond motifs is 1. The summed E-state index contributed by atoms with van der Waals surface area (Å²) >= 11 is 0. The van der Waals surface area contributed by atoms with Crippen molar-refractivity contribution in [3.05, 3.63) is 70.7 Å². The van der Waals surface area contributed by atoms with Gasteiger partial charge in [0.15, 0.2) is 5.78 Å². The Morgan fingerprint density at radius 3 is 2.30 bits per heavy atom. The maximum atomic E-state index is 13.8. The summed E-state index contributed by atoms with van der Waals surface area (Å²) in [5.74, 6) is 0.354. The molecule has 0 saturated heterocycles. The van der Waals surface area contributed by atoms with Gasteiger partial charge in [0.2, 0.25) is 0 Å². The van der Waals surface area contributed by atoms with Gasteiger partial charge < -0.3 is 9.84 Å². The molecule has 1 radical (unpaired) electrons. The van der Waals surface area contributed by atoms with Crippen LogP contribution in [0.5, 0.6) is 5.75 Å². The average molecular weight is 587 g/mol. The fraction of sp³-hybridized carbons (Fsp3) is 0.250. The minimum Gasteiger partial charge on any atom is -0.512 e. The van der Waals surface area contributed by atoms with E-state index in [2.05, 4.69) is 17.1 Å². The Kier molecular flexibility index (Phi) is 9.34. The predicted molar refractivity (Wildman–Crippen MR) is 114 cm³/mol. The number of benzene rings is 2. The Labute approximate surface area is 190 Å². The summed E-state index contributed by atoms with van der Waals surface area (Å²) < 4.78 is 19.3. The minimum atomic E-state index is -0.250. The van der Waals surface area contributed by atoms with Crippen LogP contribution in [0.15, 0.2) is 42.2 Å². The first kappa shape index (κ1) is 25.5. The zero-order chi connectivity index (χ0) is 21.7. The van der Waals surface area contributed by atoms with Gasteiger partial charge in [0.05, 0.1) is 18.4 Å². The number of nitrogens with zero attached hydrogens (tertiary/aromatic N) is 1. The van der Waals surface area contributed by atoms with Crippen LogP contribution < -0.4 is 4.74 Å². The molecule has 1 N–H and O–H groups in total. The number of carbonyl (C=O) groups is 1. The summed E-state index contributed by atoms with van der Waals surface area (Å²) in [5, 5.41) is 9.23. The van der Waals surface area contributed by atoms with Gasteiger partial charge in [0, 0.05) is 37.3 Å². The van der Waals surface area contributed by atoms with Crippen LogP contribution in [-0.4, -0.2) is 23.0 Å². The molecule has 4 nitrogen and oxygen atoms in total. The van der Waals surface area contributed by atoms with Gasteiger partial charge in [-0.1, -0.05) is 13.8 Å². The van der Waals surface area contributed by atoms with Gasteiger partial charge in [0.25, 0.3) is 0 Å². The molecule has 0 aliphatic heterocycles. The van der Waals surface area contributed by atoms with E-state index in [1.54, 1.807) is 20.1 Å². The van der Waals surface area contributed by atoms with Crippen molar-refractivity contribution in [2.45, 2.75) is 34.6 Å². The number of allylic oxidation sites excluding steroid dienone is 2. The molecule has 3 rings (SSSR count). The monoisotopic (exact) mass is 587 g/mol. The number of ketones is 1. The molecule has 0 spiro atoms. The first-order valence-corrected chi connectivity index (χ1v) is 9.14. The van der Waals surface area contributed by atoms with E-state index in [9.17, 15) is 9.18 Å². The minimum absolute atomic E-state index is 0. The average Bonchev–Trinajstić information content (AvgIpc) is 2.60. The Morgan fingerprint density at radius 2 is 1.80 bits per heavy atom. The molecular weight excluding hydrogens is 561 g/mol. The molecule has 1 heterocycles. The summed E-state index contributed by atoms with van der Waals surface area (Å²) in [7, 11) is 1.62. The number of halogens is 1. The molecule has 0 aliphatic carbocycles. The topological polar surface area (TPSA) is 59.4 Å². The number of aliphatic hydroxyl groups excluding tert-OH is 1. The third kappa shape index (κ3) is 6.75. The first-order chi connectivity index (χ1) is 13.6. The van der Waals surface area contributed by atoms with E-state index in [4.69, 9.17) is 9.84 Å². The van der Waals surface area contributed by atoms with E-state index in [0.29, 0.717) is 22.5 Å². The molecule has 0 saturated carbocycles. The first-order valence-electron chi connectivity index (χ1n) is 9.14. The van der Waals surface area contributed by atoms with Gasteiger partial charge in [-0.15, -0.1) is 34.9 Å². The zero-order valence-electron chi connectivity index (χ0n) is 17.9. The normalized spacial score (nSPS) is 10.7. The summed E-state index contributed by atoms with van der Waals surface area (Å²) in [6.07, 6.45) is 1.17. The van der Waals surface area contributed by atoms with Crippen LogP contribution in [0, 0.1) is 32.7 Å². The van der Waals surface area contributed by atoms with Gasteiger partial charge in [-0.25, -0.2) is 4.39 Å². The van der Waals surface area contributed by atoms with E-state index < -0.39 is 0 Å². The van der Waals surface area contributed by atoms with Gasteiger partial charge in [-0.05, 0) is 44.5 Å². The smallest absolute Gasteiger partial charge is 0.155 e. The van der Waals surface area contributed by atoms with E-state index in [1.165, 1.54) is 26.0 Å². The van der Waals surface area contributed by atoms with E-state index in [1.807, 2.05) is 26.0 Å². The van der Waals surface area contributed by atoms with Crippen molar-refractivity contribution in [2.75, 3.05) is 7.11 Å². The molecule has 0 bridgehead atoms. The van der Waals surface area contributed by atoms with E-state index in [0.717, 1.165) is 22.1 Å². The molecule has 0 atom stereocenters. The van der Waals surface area contributed by atoms with E-state index >= 15 is 0 Å². The van der Waals surface area contributed by atoms with Crippen LogP contribution >= 0.6 is 0 Å². The van der Waals surface area contributed by atoms with Crippen LogP contribution in [0.2, 0.25) is 0 Å². The second-order valence-electron chi connectivity index (χ2n) is 6.98. The standard InChI is InChI=1S/C19H17FNO.C5H8O2.Ir/c1-11-5-12(2)7-15(6-11)19-18(22-4)9-14-8-13(3)16(20)10-17(14)21-19;1-4(6)3-5(2)7;/h5-6,8-10H,1-4H3;3,6H,1-2H3;/q-1;;/b;4-3-;. The van der Waals surface area contributed by atoms with Crippen molar-refractivity contribution in [3.63, 3.8) is 0 Å². The van der Waals surface area contributed by atoms with Crippen molar-refractivity contribution in [2.24, 2.45) is 0 Å². The molecule has 0 amide bonds. The van der Waals surface area contributed by atoms with Gasteiger partial charge in [0.1, 0.15) is 11.6 Å². The third-order valence-corrected chi connectivity index (χ3v) is 4.10. The quantitative estimate of drug-likeness (QED) is 0.239. The fourth-order valence-corrected chi connectivity index (χ4v) is 2.96. The van der Waals surface area contributed by atoms with Gasteiger partial charge in [-0.2, -0.15) is 0 Å². The maximum absolute atomic E-state index is 13.8. The number of ether oxygens (including phenoxy) is 1. The van der Waals surface area contributed by atoms with Crippen LogP contribution in [-0.2, 0) is 24.9 Å².